The van der Waals surface area contributed by atoms with Crippen LogP contribution in [0.25, 0.3) is 49.4 Å². The van der Waals surface area contributed by atoms with Crippen molar-refractivity contribution in [1.29, 1.82) is 0 Å². The number of hydrogen-bond donors (Lipinski definition) is 0. The zero-order valence-corrected chi connectivity index (χ0v) is 20.8. The predicted octanol–water partition coefficient (Wildman–Crippen LogP) is 3.51. The third-order valence-corrected chi connectivity index (χ3v) is 8.74. The second-order valence-corrected chi connectivity index (χ2v) is 10.6. The summed E-state index contributed by atoms with van der Waals surface area (Å²) in [5.41, 5.74) is 9.73. The summed E-state index contributed by atoms with van der Waals surface area (Å²) in [5.74, 6) is 0. The lowest BCUT2D eigenvalue weighted by molar-refractivity contribution is 0.944. The first kappa shape index (κ1) is 20.2. The molecule has 5 heterocycles. The number of pyridine rings is 1. The van der Waals surface area contributed by atoms with Gasteiger partial charge in [-0.1, -0.05) is 83.3 Å². The van der Waals surface area contributed by atoms with E-state index in [0.29, 0.717) is 16.4 Å². The van der Waals surface area contributed by atoms with Gasteiger partial charge in [-0.25, -0.2) is 13.6 Å². The van der Waals surface area contributed by atoms with Crippen LogP contribution < -0.4 is 27.5 Å². The summed E-state index contributed by atoms with van der Waals surface area (Å²) in [5, 5.41) is 3.16. The Kier molecular flexibility index (Phi) is 3.48. The standard InChI is InChI=1S/C32H20BN3O2/c1-17-9-7-10-18(2)26(17)33-22-14-8-13-21-28(22)36-30-25(29(21)37)19-11-3-5-15-23(19)34(30)32(38)35-24-16-6-4-12-20(24)27(33)31(35)36/h3-16H,1-2H3. The highest BCUT2D eigenvalue weighted by Crippen LogP contribution is 2.32. The Bertz CT molecular complexity index is 2460. The first-order valence-electron chi connectivity index (χ1n) is 12.9. The molecule has 0 radical (unpaired) electrons. The van der Waals surface area contributed by atoms with Gasteiger partial charge in [-0.3, -0.25) is 9.20 Å². The molecule has 0 aliphatic carbocycles. The van der Waals surface area contributed by atoms with Gasteiger partial charge in [-0.2, -0.15) is 0 Å². The molecular formula is C32H20BN3O2. The summed E-state index contributed by atoms with van der Waals surface area (Å²) in [4.78, 5) is 28.7. The van der Waals surface area contributed by atoms with Gasteiger partial charge >= 0.3 is 5.69 Å². The van der Waals surface area contributed by atoms with Crippen molar-refractivity contribution in [3.63, 3.8) is 0 Å². The zero-order valence-electron chi connectivity index (χ0n) is 20.8. The quantitative estimate of drug-likeness (QED) is 0.262. The molecule has 6 heteroatoms. The van der Waals surface area contributed by atoms with Crippen molar-refractivity contribution < 1.29 is 0 Å². The van der Waals surface area contributed by atoms with Gasteiger partial charge in [0.2, 0.25) is 6.71 Å². The third-order valence-electron chi connectivity index (χ3n) is 8.74. The van der Waals surface area contributed by atoms with Crippen LogP contribution in [0.15, 0.2) is 94.5 Å². The molecule has 38 heavy (non-hydrogen) atoms. The maximum absolute atomic E-state index is 14.5. The lowest BCUT2D eigenvalue weighted by Crippen LogP contribution is -2.57. The molecule has 8 aromatic rings. The maximum Gasteiger partial charge on any atom is 0.340 e. The SMILES string of the molecule is Cc1cccc(C)c1B1c2cccc3c(=O)c4c5ccccc5n5c(=O)n6c7ccccc7c1c6n(c23)c45. The largest absolute Gasteiger partial charge is 0.340 e. The van der Waals surface area contributed by atoms with E-state index in [1.54, 1.807) is 4.40 Å². The number of hydrogen-bond acceptors (Lipinski definition) is 2. The molecule has 0 saturated heterocycles. The number of benzene rings is 4. The van der Waals surface area contributed by atoms with Gasteiger partial charge in [-0.15, -0.1) is 0 Å². The molecule has 0 fully saturated rings. The minimum atomic E-state index is -0.146. The van der Waals surface area contributed by atoms with Crippen molar-refractivity contribution >= 4 is 72.5 Å². The molecule has 0 spiro atoms. The van der Waals surface area contributed by atoms with Crippen molar-refractivity contribution in [2.24, 2.45) is 0 Å². The molecule has 0 bridgehead atoms. The number of aromatic nitrogens is 3. The minimum absolute atomic E-state index is 0.0240. The van der Waals surface area contributed by atoms with E-state index in [-0.39, 0.29) is 17.8 Å². The highest BCUT2D eigenvalue weighted by Gasteiger charge is 2.38. The number of fused-ring (bicyclic) bond motifs is 6. The first-order valence-corrected chi connectivity index (χ1v) is 12.9. The average molecular weight is 489 g/mol. The predicted molar refractivity (Wildman–Crippen MR) is 156 cm³/mol. The lowest BCUT2D eigenvalue weighted by atomic mass is 9.34. The van der Waals surface area contributed by atoms with Gasteiger partial charge in [0.05, 0.1) is 21.9 Å². The average Bonchev–Trinajstić information content (AvgIpc) is 3.46. The van der Waals surface area contributed by atoms with Crippen molar-refractivity contribution in [2.45, 2.75) is 13.8 Å². The number of rotatable bonds is 1. The van der Waals surface area contributed by atoms with Crippen molar-refractivity contribution in [2.75, 3.05) is 0 Å². The van der Waals surface area contributed by atoms with Crippen molar-refractivity contribution in [3.8, 4) is 0 Å². The normalized spacial score (nSPS) is 13.2. The molecule has 178 valence electrons. The van der Waals surface area contributed by atoms with Crippen LogP contribution in [0.3, 0.4) is 0 Å². The van der Waals surface area contributed by atoms with Crippen LogP contribution in [0, 0.1) is 13.8 Å². The van der Waals surface area contributed by atoms with Gasteiger partial charge in [0.15, 0.2) is 5.43 Å². The molecule has 0 amide bonds. The Morgan fingerprint density at radius 1 is 0.579 bits per heavy atom. The summed E-state index contributed by atoms with van der Waals surface area (Å²) in [6, 6.07) is 28.5. The van der Waals surface area contributed by atoms with Crippen molar-refractivity contribution in [1.82, 2.24) is 13.2 Å². The van der Waals surface area contributed by atoms with Gasteiger partial charge in [-0.05, 0) is 48.4 Å². The van der Waals surface area contributed by atoms with Crippen LogP contribution in [0.4, 0.5) is 0 Å². The topological polar surface area (TPSA) is 47.4 Å². The Morgan fingerprint density at radius 3 is 1.95 bits per heavy atom. The fraction of sp³-hybridized carbons (Fsp3) is 0.0625. The molecule has 0 unspecified atom stereocenters. The Morgan fingerprint density at radius 2 is 1.18 bits per heavy atom. The monoisotopic (exact) mass is 489 g/mol. The fourth-order valence-electron chi connectivity index (χ4n) is 7.32. The van der Waals surface area contributed by atoms with Crippen LogP contribution in [0.5, 0.6) is 0 Å². The third kappa shape index (κ3) is 2.07. The molecule has 5 nitrogen and oxygen atoms in total. The van der Waals surface area contributed by atoms with E-state index in [9.17, 15) is 9.59 Å². The minimum Gasteiger partial charge on any atom is -0.288 e. The first-order chi connectivity index (χ1) is 18.6. The van der Waals surface area contributed by atoms with E-state index in [0.717, 1.165) is 43.9 Å². The molecule has 9 rings (SSSR count). The second-order valence-electron chi connectivity index (χ2n) is 10.6. The molecule has 1 aliphatic heterocycles. The number of para-hydroxylation sites is 3. The highest BCUT2D eigenvalue weighted by atomic mass is 16.1. The van der Waals surface area contributed by atoms with Crippen LogP contribution >= 0.6 is 0 Å². The Balaban J connectivity index is 1.72. The van der Waals surface area contributed by atoms with E-state index >= 15 is 0 Å². The van der Waals surface area contributed by atoms with Crippen LogP contribution in [0.2, 0.25) is 0 Å². The molecule has 1 aliphatic rings. The summed E-state index contributed by atoms with van der Waals surface area (Å²) in [6.07, 6.45) is 0. The molecular weight excluding hydrogens is 469 g/mol. The van der Waals surface area contributed by atoms with Gasteiger partial charge in [0.1, 0.15) is 11.3 Å². The fourth-order valence-corrected chi connectivity index (χ4v) is 7.32. The van der Waals surface area contributed by atoms with E-state index in [1.807, 2.05) is 59.0 Å². The molecule has 4 aromatic heterocycles. The maximum atomic E-state index is 14.5. The molecule has 0 atom stereocenters. The lowest BCUT2D eigenvalue weighted by Gasteiger charge is -2.26. The zero-order chi connectivity index (χ0) is 25.4. The number of nitrogens with zero attached hydrogens (tertiary/aromatic N) is 3. The van der Waals surface area contributed by atoms with Gasteiger partial charge in [0, 0.05) is 10.8 Å². The van der Waals surface area contributed by atoms with Crippen LogP contribution in [-0.4, -0.2) is 19.9 Å². The summed E-state index contributed by atoms with van der Waals surface area (Å²) in [7, 11) is 0. The highest BCUT2D eigenvalue weighted by molar-refractivity contribution is 7.00. The molecule has 4 aromatic carbocycles. The Hall–Kier alpha value is -4.84. The summed E-state index contributed by atoms with van der Waals surface area (Å²) in [6.45, 7) is 4.20. The van der Waals surface area contributed by atoms with E-state index < -0.39 is 0 Å². The van der Waals surface area contributed by atoms with Crippen LogP contribution in [-0.2, 0) is 0 Å². The molecule has 0 saturated carbocycles. The van der Waals surface area contributed by atoms with Crippen LogP contribution in [0.1, 0.15) is 11.1 Å². The summed E-state index contributed by atoms with van der Waals surface area (Å²) >= 11 is 0. The number of aryl methyl sites for hydroxylation is 2. The van der Waals surface area contributed by atoms with Gasteiger partial charge in [0.25, 0.3) is 0 Å². The Labute approximate surface area is 216 Å². The van der Waals surface area contributed by atoms with E-state index in [2.05, 4.69) is 48.6 Å². The van der Waals surface area contributed by atoms with Crippen molar-refractivity contribution in [3.05, 3.63) is 117 Å². The summed E-state index contributed by atoms with van der Waals surface area (Å²) < 4.78 is 5.80. The van der Waals surface area contributed by atoms with E-state index in [4.69, 9.17) is 0 Å². The smallest absolute Gasteiger partial charge is 0.288 e. The molecule has 0 N–H and O–H groups in total. The van der Waals surface area contributed by atoms with Gasteiger partial charge < -0.3 is 0 Å². The van der Waals surface area contributed by atoms with E-state index in [1.165, 1.54) is 16.6 Å². The second kappa shape index (κ2) is 6.53.